The lowest BCUT2D eigenvalue weighted by Crippen LogP contribution is -2.40. The number of hydrogen-bond acceptors (Lipinski definition) is 4. The van der Waals surface area contributed by atoms with E-state index in [4.69, 9.17) is 4.74 Å². The Kier molecular flexibility index (Phi) is 6.47. The fourth-order valence-electron chi connectivity index (χ4n) is 3.71. The molecule has 1 amide bonds. The largest absolute Gasteiger partial charge is 0.492 e. The molecule has 0 aromatic carbocycles. The second kappa shape index (κ2) is 9.02. The zero-order valence-electron chi connectivity index (χ0n) is 14.5. The molecule has 2 saturated heterocycles. The first-order chi connectivity index (χ1) is 11.8. The van der Waals surface area contributed by atoms with Gasteiger partial charge in [0.25, 0.3) is 0 Å². The lowest BCUT2D eigenvalue weighted by molar-refractivity contribution is -0.133. The average molecular weight is 331 g/mol. The van der Waals surface area contributed by atoms with E-state index in [-0.39, 0.29) is 0 Å². The minimum atomic E-state index is 0.368. The minimum absolute atomic E-state index is 0.368. The third-order valence-electron chi connectivity index (χ3n) is 5.32. The van der Waals surface area contributed by atoms with Crippen LogP contribution >= 0.6 is 0 Å². The number of nitrogens with zero attached hydrogens (tertiary/aromatic N) is 2. The van der Waals surface area contributed by atoms with Gasteiger partial charge in [-0.2, -0.15) is 0 Å². The van der Waals surface area contributed by atoms with Gasteiger partial charge in [0.2, 0.25) is 5.91 Å². The molecule has 3 rings (SSSR count). The lowest BCUT2D eigenvalue weighted by Gasteiger charge is -2.33. The smallest absolute Gasteiger partial charge is 0.222 e. The molecule has 0 aliphatic carbocycles. The van der Waals surface area contributed by atoms with E-state index in [1.54, 1.807) is 12.4 Å². The van der Waals surface area contributed by atoms with Crippen LogP contribution < -0.4 is 10.1 Å². The van der Waals surface area contributed by atoms with Crippen LogP contribution in [-0.2, 0) is 4.79 Å². The van der Waals surface area contributed by atoms with E-state index in [1.165, 1.54) is 0 Å². The maximum Gasteiger partial charge on any atom is 0.222 e. The summed E-state index contributed by atoms with van der Waals surface area (Å²) in [6, 6.07) is 3.83. The molecular formula is C19H29N3O2. The van der Waals surface area contributed by atoms with Crippen LogP contribution in [0.15, 0.2) is 24.5 Å². The highest BCUT2D eigenvalue weighted by molar-refractivity contribution is 5.76. The van der Waals surface area contributed by atoms with Gasteiger partial charge in [0.1, 0.15) is 5.75 Å². The van der Waals surface area contributed by atoms with Crippen LogP contribution in [0.4, 0.5) is 0 Å². The van der Waals surface area contributed by atoms with Crippen molar-refractivity contribution in [2.75, 3.05) is 32.8 Å². The number of carbonyl (C=O) groups excluding carboxylic acids is 1. The molecule has 5 heteroatoms. The number of ether oxygens (including phenoxy) is 1. The van der Waals surface area contributed by atoms with E-state index in [1.807, 2.05) is 12.1 Å². The van der Waals surface area contributed by atoms with Gasteiger partial charge in [-0.05, 0) is 69.2 Å². The van der Waals surface area contributed by atoms with Gasteiger partial charge in [-0.1, -0.05) is 0 Å². The summed E-state index contributed by atoms with van der Waals surface area (Å²) < 4.78 is 5.73. The molecule has 1 aromatic heterocycles. The van der Waals surface area contributed by atoms with E-state index in [0.29, 0.717) is 17.7 Å². The molecule has 0 saturated carbocycles. The van der Waals surface area contributed by atoms with Crippen molar-refractivity contribution in [3.8, 4) is 5.75 Å². The zero-order chi connectivity index (χ0) is 16.6. The van der Waals surface area contributed by atoms with Gasteiger partial charge in [0.15, 0.2) is 0 Å². The monoisotopic (exact) mass is 331 g/mol. The van der Waals surface area contributed by atoms with Crippen LogP contribution in [0.5, 0.6) is 5.75 Å². The quantitative estimate of drug-likeness (QED) is 0.870. The van der Waals surface area contributed by atoms with Crippen molar-refractivity contribution in [1.82, 2.24) is 15.2 Å². The summed E-state index contributed by atoms with van der Waals surface area (Å²) in [4.78, 5) is 18.6. The van der Waals surface area contributed by atoms with Crippen LogP contribution in [-0.4, -0.2) is 48.6 Å². The fraction of sp³-hybridized carbons (Fsp3) is 0.684. The molecule has 0 atom stereocenters. The van der Waals surface area contributed by atoms with E-state index in [9.17, 15) is 4.79 Å². The fourth-order valence-corrected chi connectivity index (χ4v) is 3.71. The summed E-state index contributed by atoms with van der Waals surface area (Å²) in [5.74, 6) is 2.47. The Morgan fingerprint density at radius 1 is 1.21 bits per heavy atom. The minimum Gasteiger partial charge on any atom is -0.492 e. The van der Waals surface area contributed by atoms with E-state index < -0.39 is 0 Å². The van der Waals surface area contributed by atoms with E-state index >= 15 is 0 Å². The normalized spacial score (nSPS) is 20.1. The molecule has 1 aromatic rings. The number of rotatable bonds is 6. The summed E-state index contributed by atoms with van der Waals surface area (Å²) in [5.41, 5.74) is 0. The zero-order valence-corrected chi connectivity index (χ0v) is 14.5. The standard InChI is InChI=1S/C19H29N3O2/c23-19(14-17-3-9-20-10-4-17)22-11-5-16(6-12-22)7-13-24-18-2-1-8-21-15-18/h1-2,8,15-17,20H,3-7,9-14H2. The van der Waals surface area contributed by atoms with Crippen molar-refractivity contribution < 1.29 is 9.53 Å². The Bertz CT molecular complexity index is 495. The predicted octanol–water partition coefficient (Wildman–Crippen LogP) is 2.48. The maximum absolute atomic E-state index is 12.4. The molecular weight excluding hydrogens is 302 g/mol. The average Bonchev–Trinajstić information content (AvgIpc) is 2.64. The molecule has 0 bridgehead atoms. The van der Waals surface area contributed by atoms with Crippen LogP contribution in [0.1, 0.15) is 38.5 Å². The number of nitrogens with one attached hydrogen (secondary N) is 1. The highest BCUT2D eigenvalue weighted by Crippen LogP contribution is 2.23. The number of piperidine rings is 2. The summed E-state index contributed by atoms with van der Waals surface area (Å²) in [5, 5.41) is 3.36. The molecule has 3 heterocycles. The highest BCUT2D eigenvalue weighted by Gasteiger charge is 2.25. The van der Waals surface area contributed by atoms with Crippen molar-refractivity contribution in [3.05, 3.63) is 24.5 Å². The predicted molar refractivity (Wildman–Crippen MR) is 93.9 cm³/mol. The second-order valence-corrected chi connectivity index (χ2v) is 7.05. The van der Waals surface area contributed by atoms with Gasteiger partial charge in [0, 0.05) is 25.7 Å². The number of hydrogen-bond donors (Lipinski definition) is 1. The van der Waals surface area contributed by atoms with Crippen LogP contribution in [0, 0.1) is 11.8 Å². The molecule has 2 fully saturated rings. The number of likely N-dealkylation sites (tertiary alicyclic amines) is 1. The summed E-state index contributed by atoms with van der Waals surface area (Å²) in [6.07, 6.45) is 9.82. The molecule has 1 N–H and O–H groups in total. The molecule has 24 heavy (non-hydrogen) atoms. The molecule has 2 aliphatic rings. The third-order valence-corrected chi connectivity index (χ3v) is 5.32. The number of aromatic nitrogens is 1. The molecule has 132 valence electrons. The Balaban J connectivity index is 1.32. The molecule has 0 spiro atoms. The van der Waals surface area contributed by atoms with Gasteiger partial charge in [-0.25, -0.2) is 0 Å². The third kappa shape index (κ3) is 5.20. The van der Waals surface area contributed by atoms with Gasteiger partial charge in [-0.3, -0.25) is 9.78 Å². The van der Waals surface area contributed by atoms with E-state index in [0.717, 1.165) is 77.1 Å². The maximum atomic E-state index is 12.4. The van der Waals surface area contributed by atoms with Gasteiger partial charge >= 0.3 is 0 Å². The first-order valence-electron chi connectivity index (χ1n) is 9.32. The molecule has 5 nitrogen and oxygen atoms in total. The second-order valence-electron chi connectivity index (χ2n) is 7.05. The SMILES string of the molecule is O=C(CC1CCNCC1)N1CCC(CCOc2cccnc2)CC1. The van der Waals surface area contributed by atoms with Gasteiger partial charge in [-0.15, -0.1) is 0 Å². The van der Waals surface area contributed by atoms with Crippen molar-refractivity contribution in [2.45, 2.75) is 38.5 Å². The first-order valence-corrected chi connectivity index (χ1v) is 9.32. The highest BCUT2D eigenvalue weighted by atomic mass is 16.5. The number of amides is 1. The molecule has 2 aliphatic heterocycles. The summed E-state index contributed by atoms with van der Waals surface area (Å²) in [6.45, 7) is 4.70. The van der Waals surface area contributed by atoms with Crippen molar-refractivity contribution in [2.24, 2.45) is 11.8 Å². The summed E-state index contributed by atoms with van der Waals surface area (Å²) in [7, 11) is 0. The Hall–Kier alpha value is -1.62. The van der Waals surface area contributed by atoms with Gasteiger partial charge < -0.3 is 15.0 Å². The van der Waals surface area contributed by atoms with Gasteiger partial charge in [0.05, 0.1) is 12.8 Å². The lowest BCUT2D eigenvalue weighted by atomic mass is 9.91. The molecule has 0 radical (unpaired) electrons. The first kappa shape index (κ1) is 17.2. The van der Waals surface area contributed by atoms with Crippen molar-refractivity contribution in [1.29, 1.82) is 0 Å². The van der Waals surface area contributed by atoms with Crippen LogP contribution in [0.25, 0.3) is 0 Å². The van der Waals surface area contributed by atoms with Crippen molar-refractivity contribution >= 4 is 5.91 Å². The van der Waals surface area contributed by atoms with Crippen LogP contribution in [0.2, 0.25) is 0 Å². The molecule has 0 unspecified atom stereocenters. The number of pyridine rings is 1. The van der Waals surface area contributed by atoms with Crippen LogP contribution in [0.3, 0.4) is 0 Å². The Labute approximate surface area is 144 Å². The summed E-state index contributed by atoms with van der Waals surface area (Å²) >= 11 is 0. The van der Waals surface area contributed by atoms with Crippen molar-refractivity contribution in [3.63, 3.8) is 0 Å². The Morgan fingerprint density at radius 3 is 2.71 bits per heavy atom. The number of carbonyl (C=O) groups is 1. The Morgan fingerprint density at radius 2 is 2.00 bits per heavy atom. The van der Waals surface area contributed by atoms with E-state index in [2.05, 4.69) is 15.2 Å². The topological polar surface area (TPSA) is 54.5 Å².